The number of pyridine rings is 1. The molecule has 1 fully saturated rings. The summed E-state index contributed by atoms with van der Waals surface area (Å²) in [6, 6.07) is 18.8. The number of piperazine rings is 1. The Morgan fingerprint density at radius 1 is 0.767 bits per heavy atom. The molecule has 0 saturated carbocycles. The number of rotatable bonds is 4. The van der Waals surface area contributed by atoms with Crippen LogP contribution in [-0.4, -0.2) is 47.9 Å². The molecule has 0 N–H and O–H groups in total. The van der Waals surface area contributed by atoms with E-state index in [1.54, 1.807) is 18.3 Å². The lowest BCUT2D eigenvalue weighted by Crippen LogP contribution is -2.48. The smallest absolute Gasteiger partial charge is 0.282 e. The van der Waals surface area contributed by atoms with Gasteiger partial charge in [-0.15, -0.1) is 11.3 Å². The molecule has 0 bridgehead atoms. The molecule has 30 heavy (non-hydrogen) atoms. The second-order valence-corrected chi connectivity index (χ2v) is 8.09. The van der Waals surface area contributed by atoms with Crippen molar-refractivity contribution in [3.05, 3.63) is 82.8 Å². The Kier molecular flexibility index (Phi) is 4.80. The minimum atomic E-state index is -0.254. The van der Waals surface area contributed by atoms with Gasteiger partial charge in [0.15, 0.2) is 0 Å². The number of carbonyl (C=O) groups excluding carboxylic acids is 2. The lowest BCUT2D eigenvalue weighted by molar-refractivity contribution is -0.120. The third-order valence-electron chi connectivity index (χ3n) is 5.41. The largest absolute Gasteiger partial charge is 0.363 e. The number of imide groups is 1. The summed E-state index contributed by atoms with van der Waals surface area (Å²) in [5.41, 5.74) is 1.61. The molecule has 0 unspecified atom stereocenters. The first-order valence-electron chi connectivity index (χ1n) is 9.87. The van der Waals surface area contributed by atoms with Gasteiger partial charge >= 0.3 is 0 Å². The van der Waals surface area contributed by atoms with Crippen molar-refractivity contribution in [3.63, 3.8) is 0 Å². The number of aromatic nitrogens is 1. The molecule has 1 saturated heterocycles. The average Bonchev–Trinajstić information content (AvgIpc) is 3.41. The number of anilines is 2. The van der Waals surface area contributed by atoms with E-state index in [-0.39, 0.29) is 11.8 Å². The molecule has 0 atom stereocenters. The number of benzene rings is 1. The van der Waals surface area contributed by atoms with Crippen molar-refractivity contribution in [1.29, 1.82) is 0 Å². The van der Waals surface area contributed by atoms with E-state index in [1.807, 2.05) is 53.9 Å². The molecule has 3 aromatic rings. The molecule has 0 aliphatic carbocycles. The van der Waals surface area contributed by atoms with Crippen LogP contribution in [-0.2, 0) is 9.59 Å². The molecule has 4 heterocycles. The Morgan fingerprint density at radius 3 is 2.17 bits per heavy atom. The van der Waals surface area contributed by atoms with Crippen molar-refractivity contribution >= 4 is 40.2 Å². The first-order chi connectivity index (χ1) is 14.7. The van der Waals surface area contributed by atoms with Crippen LogP contribution in [0.25, 0.3) is 5.57 Å². The normalized spacial score (nSPS) is 17.3. The van der Waals surface area contributed by atoms with E-state index in [2.05, 4.69) is 14.8 Å². The molecule has 150 valence electrons. The summed E-state index contributed by atoms with van der Waals surface area (Å²) < 4.78 is 0. The van der Waals surface area contributed by atoms with E-state index < -0.39 is 0 Å². The average molecular weight is 417 g/mol. The quantitative estimate of drug-likeness (QED) is 0.611. The van der Waals surface area contributed by atoms with E-state index in [4.69, 9.17) is 0 Å². The Bertz CT molecular complexity index is 1090. The fourth-order valence-corrected chi connectivity index (χ4v) is 4.73. The van der Waals surface area contributed by atoms with Gasteiger partial charge in [-0.3, -0.25) is 9.59 Å². The number of nitrogens with zero attached hydrogens (tertiary/aromatic N) is 4. The van der Waals surface area contributed by atoms with Crippen LogP contribution in [0.5, 0.6) is 0 Å². The van der Waals surface area contributed by atoms with Gasteiger partial charge in [-0.2, -0.15) is 0 Å². The summed E-state index contributed by atoms with van der Waals surface area (Å²) in [4.78, 5) is 37.6. The number of carbonyl (C=O) groups is 2. The van der Waals surface area contributed by atoms with Crippen LogP contribution in [0.3, 0.4) is 0 Å². The van der Waals surface area contributed by atoms with Gasteiger partial charge in [0.1, 0.15) is 11.5 Å². The topological polar surface area (TPSA) is 56.8 Å². The summed E-state index contributed by atoms with van der Waals surface area (Å²) >= 11 is 1.48. The molecule has 7 heteroatoms. The monoisotopic (exact) mass is 416 g/mol. The molecular weight excluding hydrogens is 396 g/mol. The number of amides is 2. The molecule has 2 aliphatic rings. The van der Waals surface area contributed by atoms with Crippen molar-refractivity contribution < 1.29 is 9.59 Å². The van der Waals surface area contributed by atoms with E-state index in [9.17, 15) is 9.59 Å². The van der Waals surface area contributed by atoms with Gasteiger partial charge in [0.25, 0.3) is 11.8 Å². The van der Waals surface area contributed by atoms with Crippen LogP contribution < -0.4 is 9.80 Å². The van der Waals surface area contributed by atoms with Crippen LogP contribution in [0.15, 0.2) is 77.9 Å². The van der Waals surface area contributed by atoms with Gasteiger partial charge in [0, 0.05) is 37.3 Å². The van der Waals surface area contributed by atoms with Crippen LogP contribution >= 0.6 is 11.3 Å². The van der Waals surface area contributed by atoms with E-state index in [1.165, 1.54) is 16.2 Å². The Morgan fingerprint density at radius 2 is 1.50 bits per heavy atom. The zero-order chi connectivity index (χ0) is 20.5. The zero-order valence-electron chi connectivity index (χ0n) is 16.3. The van der Waals surface area contributed by atoms with Crippen LogP contribution in [0, 0.1) is 0 Å². The highest BCUT2D eigenvalue weighted by atomic mass is 32.1. The highest BCUT2D eigenvalue weighted by Crippen LogP contribution is 2.36. The van der Waals surface area contributed by atoms with Gasteiger partial charge in [0.2, 0.25) is 0 Å². The second-order valence-electron chi connectivity index (χ2n) is 7.14. The molecule has 0 spiro atoms. The highest BCUT2D eigenvalue weighted by Gasteiger charge is 2.43. The zero-order valence-corrected chi connectivity index (χ0v) is 17.1. The van der Waals surface area contributed by atoms with Crippen molar-refractivity contribution in [2.75, 3.05) is 36.0 Å². The Balaban J connectivity index is 1.47. The minimum absolute atomic E-state index is 0.249. The molecule has 6 nitrogen and oxygen atoms in total. The standard InChI is InChI=1S/C23H20N4O2S/c28-22-20(18-9-6-16-30-18)21(23(29)27(22)17-7-2-1-3-8-17)26-14-12-25(13-15-26)19-10-4-5-11-24-19/h1-11,16H,12-15H2. The summed E-state index contributed by atoms with van der Waals surface area (Å²) in [6.07, 6.45) is 1.79. The fraction of sp³-hybridized carbons (Fsp3) is 0.174. The summed E-state index contributed by atoms with van der Waals surface area (Å²) in [5, 5.41) is 1.93. The van der Waals surface area contributed by atoms with Gasteiger partial charge in [-0.1, -0.05) is 30.3 Å². The predicted molar refractivity (Wildman–Crippen MR) is 118 cm³/mol. The number of thiophene rings is 1. The van der Waals surface area contributed by atoms with Gasteiger partial charge in [-0.25, -0.2) is 9.88 Å². The Labute approximate surface area is 178 Å². The molecule has 0 radical (unpaired) electrons. The third kappa shape index (κ3) is 3.17. The molecule has 1 aromatic carbocycles. The van der Waals surface area contributed by atoms with Crippen molar-refractivity contribution in [1.82, 2.24) is 9.88 Å². The first-order valence-corrected chi connectivity index (χ1v) is 10.7. The second kappa shape index (κ2) is 7.76. The van der Waals surface area contributed by atoms with E-state index >= 15 is 0 Å². The third-order valence-corrected chi connectivity index (χ3v) is 6.30. The minimum Gasteiger partial charge on any atom is -0.363 e. The Hall–Kier alpha value is -3.45. The van der Waals surface area contributed by atoms with E-state index in [0.717, 1.165) is 23.8 Å². The van der Waals surface area contributed by atoms with Crippen LogP contribution in [0.2, 0.25) is 0 Å². The summed E-state index contributed by atoms with van der Waals surface area (Å²) in [6.45, 7) is 2.79. The maximum absolute atomic E-state index is 13.5. The van der Waals surface area contributed by atoms with Crippen LogP contribution in [0.4, 0.5) is 11.5 Å². The predicted octanol–water partition coefficient (Wildman–Crippen LogP) is 3.25. The molecule has 2 aromatic heterocycles. The maximum atomic E-state index is 13.5. The number of hydrogen-bond donors (Lipinski definition) is 0. The fourth-order valence-electron chi connectivity index (χ4n) is 3.97. The van der Waals surface area contributed by atoms with Crippen molar-refractivity contribution in [2.24, 2.45) is 0 Å². The molecule has 5 rings (SSSR count). The number of para-hydroxylation sites is 1. The first kappa shape index (κ1) is 18.6. The van der Waals surface area contributed by atoms with Crippen molar-refractivity contribution in [3.8, 4) is 0 Å². The lowest BCUT2D eigenvalue weighted by atomic mass is 10.1. The van der Waals surface area contributed by atoms with Crippen LogP contribution in [0.1, 0.15) is 4.88 Å². The number of hydrogen-bond acceptors (Lipinski definition) is 6. The maximum Gasteiger partial charge on any atom is 0.282 e. The summed E-state index contributed by atoms with van der Waals surface area (Å²) in [7, 11) is 0. The lowest BCUT2D eigenvalue weighted by Gasteiger charge is -2.37. The van der Waals surface area contributed by atoms with Crippen molar-refractivity contribution in [2.45, 2.75) is 0 Å². The molecule has 2 aliphatic heterocycles. The van der Waals surface area contributed by atoms with Gasteiger partial charge in [-0.05, 0) is 35.7 Å². The highest BCUT2D eigenvalue weighted by molar-refractivity contribution is 7.11. The molecular formula is C23H20N4O2S. The molecule has 2 amide bonds. The summed E-state index contributed by atoms with van der Waals surface area (Å²) in [5.74, 6) is 0.432. The van der Waals surface area contributed by atoms with Gasteiger partial charge < -0.3 is 9.80 Å². The SMILES string of the molecule is O=C1C(c2cccs2)=C(N2CCN(c3ccccn3)CC2)C(=O)N1c1ccccc1. The van der Waals surface area contributed by atoms with Gasteiger partial charge in [0.05, 0.1) is 11.3 Å². The van der Waals surface area contributed by atoms with E-state index in [0.29, 0.717) is 30.0 Å².